The molecule has 0 saturated carbocycles. The van der Waals surface area contributed by atoms with E-state index in [4.69, 9.17) is 21.1 Å². The predicted octanol–water partition coefficient (Wildman–Crippen LogP) is 3.29. The zero-order valence-corrected chi connectivity index (χ0v) is 13.1. The molecule has 22 heavy (non-hydrogen) atoms. The lowest BCUT2D eigenvalue weighted by atomic mass is 10.2. The third kappa shape index (κ3) is 5.37. The van der Waals surface area contributed by atoms with Gasteiger partial charge in [0.15, 0.2) is 5.57 Å². The Morgan fingerprint density at radius 3 is 2.55 bits per heavy atom. The van der Waals surface area contributed by atoms with Crippen LogP contribution >= 0.6 is 11.6 Å². The van der Waals surface area contributed by atoms with Crippen molar-refractivity contribution in [2.75, 3.05) is 18.5 Å². The number of halogens is 2. The van der Waals surface area contributed by atoms with Gasteiger partial charge in [-0.1, -0.05) is 18.5 Å². The maximum Gasteiger partial charge on any atom is 0.347 e. The Bertz CT molecular complexity index is 575. The van der Waals surface area contributed by atoms with Crippen LogP contribution in [-0.4, -0.2) is 25.2 Å². The number of esters is 2. The smallest absolute Gasteiger partial charge is 0.347 e. The third-order valence-corrected chi connectivity index (χ3v) is 2.74. The van der Waals surface area contributed by atoms with E-state index in [1.54, 1.807) is 6.92 Å². The molecule has 0 heterocycles. The minimum Gasteiger partial charge on any atom is -0.462 e. The largest absolute Gasteiger partial charge is 0.462 e. The lowest BCUT2D eigenvalue weighted by Crippen LogP contribution is -2.19. The molecule has 0 aliphatic heterocycles. The van der Waals surface area contributed by atoms with Gasteiger partial charge in [0.2, 0.25) is 0 Å². The second-order valence-corrected chi connectivity index (χ2v) is 4.59. The monoisotopic (exact) mass is 329 g/mol. The molecular formula is C15H17ClFNO4. The second-order valence-electron chi connectivity index (χ2n) is 4.19. The molecule has 1 N–H and O–H groups in total. The van der Waals surface area contributed by atoms with Crippen LogP contribution < -0.4 is 5.32 Å². The normalized spacial score (nSPS) is 11.0. The first-order chi connectivity index (χ1) is 10.5. The van der Waals surface area contributed by atoms with Crippen LogP contribution in [0.1, 0.15) is 20.3 Å². The van der Waals surface area contributed by atoms with E-state index in [-0.39, 0.29) is 23.8 Å². The first-order valence-corrected chi connectivity index (χ1v) is 7.13. The molecule has 7 heteroatoms. The molecule has 0 bridgehead atoms. The Balaban J connectivity index is 2.91. The molecule has 0 radical (unpaired) electrons. The van der Waals surface area contributed by atoms with Crippen molar-refractivity contribution in [2.24, 2.45) is 0 Å². The standard InChI is InChI=1S/C15H17ClFNO4/c1-3-7-22-15(20)11(14(19)21-4-2)9-18-10-5-6-13(17)12(16)8-10/h5-6,8-9,18H,3-4,7H2,1-2H3/b11-9+. The van der Waals surface area contributed by atoms with Crippen LogP contribution in [0.3, 0.4) is 0 Å². The molecule has 0 atom stereocenters. The summed E-state index contributed by atoms with van der Waals surface area (Å²) >= 11 is 5.65. The first-order valence-electron chi connectivity index (χ1n) is 6.75. The molecule has 0 fully saturated rings. The highest BCUT2D eigenvalue weighted by atomic mass is 35.5. The van der Waals surface area contributed by atoms with Crippen LogP contribution in [0, 0.1) is 5.82 Å². The van der Waals surface area contributed by atoms with Crippen molar-refractivity contribution in [1.82, 2.24) is 0 Å². The summed E-state index contributed by atoms with van der Waals surface area (Å²) < 4.78 is 22.8. The first kappa shape index (κ1) is 18.0. The number of carbonyl (C=O) groups excluding carboxylic acids is 2. The number of hydrogen-bond donors (Lipinski definition) is 1. The minimum absolute atomic E-state index is 0.0790. The van der Waals surface area contributed by atoms with Crippen LogP contribution in [0.4, 0.5) is 10.1 Å². The van der Waals surface area contributed by atoms with Crippen LogP contribution in [0.25, 0.3) is 0 Å². The molecule has 0 saturated heterocycles. The predicted molar refractivity (Wildman–Crippen MR) is 81.0 cm³/mol. The molecule has 1 aromatic carbocycles. The molecule has 1 rings (SSSR count). The summed E-state index contributed by atoms with van der Waals surface area (Å²) in [5.74, 6) is -2.16. The van der Waals surface area contributed by atoms with Gasteiger partial charge in [0.1, 0.15) is 5.82 Å². The van der Waals surface area contributed by atoms with Crippen molar-refractivity contribution in [1.29, 1.82) is 0 Å². The number of ether oxygens (including phenoxy) is 2. The maximum atomic E-state index is 13.1. The van der Waals surface area contributed by atoms with Crippen molar-refractivity contribution in [3.05, 3.63) is 40.8 Å². The molecule has 120 valence electrons. The fourth-order valence-electron chi connectivity index (χ4n) is 1.42. The molecule has 0 aliphatic rings. The fraction of sp³-hybridized carbons (Fsp3) is 0.333. The average Bonchev–Trinajstić information content (AvgIpc) is 2.49. The summed E-state index contributed by atoms with van der Waals surface area (Å²) in [5, 5.41) is 2.62. The maximum absolute atomic E-state index is 13.1. The van der Waals surface area contributed by atoms with Gasteiger partial charge in [0.25, 0.3) is 0 Å². The summed E-state index contributed by atoms with van der Waals surface area (Å²) in [7, 11) is 0. The van der Waals surface area contributed by atoms with E-state index in [0.29, 0.717) is 12.1 Å². The van der Waals surface area contributed by atoms with E-state index in [9.17, 15) is 14.0 Å². The topological polar surface area (TPSA) is 64.6 Å². The van der Waals surface area contributed by atoms with Crippen molar-refractivity contribution in [2.45, 2.75) is 20.3 Å². The molecule has 5 nitrogen and oxygen atoms in total. The van der Waals surface area contributed by atoms with Gasteiger partial charge in [-0.2, -0.15) is 0 Å². The molecule has 1 aromatic rings. The fourth-order valence-corrected chi connectivity index (χ4v) is 1.60. The van der Waals surface area contributed by atoms with Crippen LogP contribution in [0.15, 0.2) is 30.0 Å². The molecule has 0 amide bonds. The number of rotatable bonds is 7. The van der Waals surface area contributed by atoms with E-state index in [0.717, 1.165) is 12.3 Å². The van der Waals surface area contributed by atoms with Gasteiger partial charge in [0.05, 0.1) is 18.2 Å². The van der Waals surface area contributed by atoms with Crippen LogP contribution in [0.2, 0.25) is 5.02 Å². The highest BCUT2D eigenvalue weighted by Gasteiger charge is 2.21. The average molecular weight is 330 g/mol. The van der Waals surface area contributed by atoms with Gasteiger partial charge >= 0.3 is 11.9 Å². The lowest BCUT2D eigenvalue weighted by molar-refractivity contribution is -0.146. The number of hydrogen-bond acceptors (Lipinski definition) is 5. The Kier molecular flexibility index (Phi) is 7.39. The van der Waals surface area contributed by atoms with E-state index >= 15 is 0 Å². The van der Waals surface area contributed by atoms with Crippen molar-refractivity contribution in [3.63, 3.8) is 0 Å². The summed E-state index contributed by atoms with van der Waals surface area (Å²) in [6, 6.07) is 3.91. The summed E-state index contributed by atoms with van der Waals surface area (Å²) in [5.41, 5.74) is 0.132. The molecular weight excluding hydrogens is 313 g/mol. The summed E-state index contributed by atoms with van der Waals surface area (Å²) in [6.45, 7) is 3.78. The second kappa shape index (κ2) is 9.04. The van der Waals surface area contributed by atoms with Crippen LogP contribution in [0.5, 0.6) is 0 Å². The molecule has 0 aromatic heterocycles. The van der Waals surface area contributed by atoms with Gasteiger partial charge in [-0.15, -0.1) is 0 Å². The Labute approximate surface area is 133 Å². The van der Waals surface area contributed by atoms with Gasteiger partial charge in [-0.25, -0.2) is 14.0 Å². The van der Waals surface area contributed by atoms with E-state index in [1.807, 2.05) is 6.92 Å². The minimum atomic E-state index is -0.802. The number of benzene rings is 1. The SMILES string of the molecule is CCCOC(=O)/C(=C/Nc1ccc(F)c(Cl)c1)C(=O)OCC. The number of nitrogens with one attached hydrogen (secondary N) is 1. The molecule has 0 unspecified atom stereocenters. The van der Waals surface area contributed by atoms with Crippen molar-refractivity contribution < 1.29 is 23.5 Å². The quantitative estimate of drug-likeness (QED) is 0.360. The number of anilines is 1. The highest BCUT2D eigenvalue weighted by Crippen LogP contribution is 2.19. The Hall–Kier alpha value is -2.08. The van der Waals surface area contributed by atoms with Crippen LogP contribution in [-0.2, 0) is 19.1 Å². The molecule has 0 spiro atoms. The Morgan fingerprint density at radius 1 is 1.27 bits per heavy atom. The summed E-state index contributed by atoms with van der Waals surface area (Å²) in [4.78, 5) is 23.6. The van der Waals surface area contributed by atoms with Gasteiger partial charge in [0, 0.05) is 11.9 Å². The van der Waals surface area contributed by atoms with Gasteiger partial charge < -0.3 is 14.8 Å². The summed E-state index contributed by atoms with van der Waals surface area (Å²) in [6.07, 6.45) is 1.78. The van der Waals surface area contributed by atoms with Crippen molar-refractivity contribution in [3.8, 4) is 0 Å². The van der Waals surface area contributed by atoms with Gasteiger partial charge in [-0.3, -0.25) is 0 Å². The molecule has 0 aliphatic carbocycles. The lowest BCUT2D eigenvalue weighted by Gasteiger charge is -2.08. The number of carbonyl (C=O) groups is 2. The highest BCUT2D eigenvalue weighted by molar-refractivity contribution is 6.31. The third-order valence-electron chi connectivity index (χ3n) is 2.46. The van der Waals surface area contributed by atoms with E-state index in [2.05, 4.69) is 5.32 Å². The van der Waals surface area contributed by atoms with Gasteiger partial charge in [-0.05, 0) is 31.5 Å². The zero-order chi connectivity index (χ0) is 16.5. The van der Waals surface area contributed by atoms with Crippen molar-refractivity contribution >= 4 is 29.2 Å². The van der Waals surface area contributed by atoms with E-state index in [1.165, 1.54) is 12.1 Å². The Morgan fingerprint density at radius 2 is 1.95 bits per heavy atom. The zero-order valence-electron chi connectivity index (χ0n) is 12.3. The van der Waals surface area contributed by atoms with E-state index < -0.39 is 17.8 Å².